The number of nitrogens with zero attached hydrogens (tertiary/aromatic N) is 2. The average Bonchev–Trinajstić information content (AvgIpc) is 3.38. The molecule has 1 saturated heterocycles. The fraction of sp³-hybridized carbons (Fsp3) is 0.571. The van der Waals surface area contributed by atoms with Crippen molar-refractivity contribution in [1.82, 2.24) is 15.5 Å². The van der Waals surface area contributed by atoms with Gasteiger partial charge in [-0.25, -0.2) is 4.99 Å². The third-order valence-electron chi connectivity index (χ3n) is 5.04. The molecule has 0 bridgehead atoms. The summed E-state index contributed by atoms with van der Waals surface area (Å²) in [7, 11) is 0. The van der Waals surface area contributed by atoms with E-state index in [1.54, 1.807) is 17.6 Å². The molecular weight excluding hydrogens is 483 g/mol. The molecule has 7 heteroatoms. The second-order valence-electron chi connectivity index (χ2n) is 7.30. The molecule has 2 aromatic heterocycles. The van der Waals surface area contributed by atoms with E-state index in [1.165, 1.54) is 37.4 Å². The minimum atomic E-state index is 0. The fourth-order valence-electron chi connectivity index (χ4n) is 3.29. The lowest BCUT2D eigenvalue weighted by atomic mass is 9.99. The highest BCUT2D eigenvalue weighted by atomic mass is 127. The van der Waals surface area contributed by atoms with Crippen LogP contribution in [0, 0.1) is 5.92 Å². The van der Waals surface area contributed by atoms with E-state index in [-0.39, 0.29) is 24.0 Å². The van der Waals surface area contributed by atoms with Crippen LogP contribution in [0.4, 0.5) is 0 Å². The number of rotatable bonds is 9. The van der Waals surface area contributed by atoms with Crippen molar-refractivity contribution < 1.29 is 4.42 Å². The van der Waals surface area contributed by atoms with Crippen LogP contribution in [0.3, 0.4) is 0 Å². The van der Waals surface area contributed by atoms with Gasteiger partial charge in [0.15, 0.2) is 5.96 Å². The van der Waals surface area contributed by atoms with Crippen LogP contribution in [0.25, 0.3) is 0 Å². The van der Waals surface area contributed by atoms with E-state index in [4.69, 9.17) is 9.41 Å². The molecule has 0 unspecified atom stereocenters. The first-order valence-corrected chi connectivity index (χ1v) is 11.0. The van der Waals surface area contributed by atoms with Crippen molar-refractivity contribution in [1.29, 1.82) is 0 Å². The Bertz CT molecular complexity index is 652. The number of hydrogen-bond acceptors (Lipinski definition) is 4. The van der Waals surface area contributed by atoms with Crippen LogP contribution in [0.1, 0.15) is 36.8 Å². The summed E-state index contributed by atoms with van der Waals surface area (Å²) in [5.41, 5.74) is 0. The van der Waals surface area contributed by atoms with Gasteiger partial charge in [0.1, 0.15) is 5.76 Å². The normalized spacial score (nSPS) is 16.0. The number of nitrogens with one attached hydrogen (secondary N) is 2. The van der Waals surface area contributed by atoms with Gasteiger partial charge in [-0.1, -0.05) is 13.0 Å². The smallest absolute Gasteiger partial charge is 0.191 e. The number of piperidine rings is 1. The maximum absolute atomic E-state index is 5.40. The highest BCUT2D eigenvalue weighted by molar-refractivity contribution is 14.0. The molecule has 0 atom stereocenters. The van der Waals surface area contributed by atoms with E-state index in [9.17, 15) is 0 Å². The third-order valence-corrected chi connectivity index (χ3v) is 5.90. The van der Waals surface area contributed by atoms with E-state index in [0.717, 1.165) is 50.1 Å². The lowest BCUT2D eigenvalue weighted by Gasteiger charge is -2.30. The first-order chi connectivity index (χ1) is 13.3. The van der Waals surface area contributed by atoms with Crippen molar-refractivity contribution in [3.05, 3.63) is 46.5 Å². The predicted molar refractivity (Wildman–Crippen MR) is 129 cm³/mol. The molecule has 156 valence electrons. The maximum atomic E-state index is 5.40. The Morgan fingerprint density at radius 3 is 2.75 bits per heavy atom. The minimum absolute atomic E-state index is 0. The van der Waals surface area contributed by atoms with Gasteiger partial charge in [-0.3, -0.25) is 0 Å². The van der Waals surface area contributed by atoms with Crippen molar-refractivity contribution in [2.24, 2.45) is 10.9 Å². The number of likely N-dealkylation sites (tertiary alicyclic amines) is 1. The van der Waals surface area contributed by atoms with Gasteiger partial charge >= 0.3 is 0 Å². The molecule has 0 aromatic carbocycles. The van der Waals surface area contributed by atoms with Crippen LogP contribution < -0.4 is 10.6 Å². The molecule has 0 amide bonds. The quantitative estimate of drug-likeness (QED) is 0.225. The first-order valence-electron chi connectivity index (χ1n) is 10.1. The Morgan fingerprint density at radius 2 is 2.04 bits per heavy atom. The van der Waals surface area contributed by atoms with Gasteiger partial charge in [0.05, 0.1) is 12.8 Å². The molecule has 2 N–H and O–H groups in total. The Morgan fingerprint density at radius 1 is 1.21 bits per heavy atom. The molecular formula is C21H33IN4OS. The monoisotopic (exact) mass is 516 g/mol. The summed E-state index contributed by atoms with van der Waals surface area (Å²) in [5.74, 6) is 2.79. The molecule has 3 rings (SSSR count). The van der Waals surface area contributed by atoms with Crippen LogP contribution in [0.5, 0.6) is 0 Å². The molecule has 3 heterocycles. The molecule has 1 aliphatic rings. The van der Waals surface area contributed by atoms with Gasteiger partial charge in [-0.15, -0.1) is 35.3 Å². The van der Waals surface area contributed by atoms with Crippen LogP contribution in [0.15, 0.2) is 45.3 Å². The lowest BCUT2D eigenvalue weighted by molar-refractivity contribution is 0.191. The van der Waals surface area contributed by atoms with Gasteiger partial charge in [0, 0.05) is 24.4 Å². The third kappa shape index (κ3) is 8.53. The van der Waals surface area contributed by atoms with Crippen LogP contribution in [-0.4, -0.2) is 43.6 Å². The SMILES string of the molecule is CC1CCN(CCCNC(=NCc2cccs2)NCCc2ccco2)CC1.I. The Balaban J connectivity index is 0.00000280. The number of hydrogen-bond donors (Lipinski definition) is 2. The topological polar surface area (TPSA) is 52.8 Å². The second kappa shape index (κ2) is 13.2. The van der Waals surface area contributed by atoms with E-state index in [0.29, 0.717) is 0 Å². The van der Waals surface area contributed by atoms with Crippen LogP contribution in [0.2, 0.25) is 0 Å². The van der Waals surface area contributed by atoms with Gasteiger partial charge in [-0.05, 0) is 68.4 Å². The fourth-order valence-corrected chi connectivity index (χ4v) is 3.92. The van der Waals surface area contributed by atoms with E-state index < -0.39 is 0 Å². The zero-order chi connectivity index (χ0) is 18.7. The van der Waals surface area contributed by atoms with Crippen molar-refractivity contribution in [2.45, 2.75) is 39.2 Å². The molecule has 0 saturated carbocycles. The summed E-state index contributed by atoms with van der Waals surface area (Å²) in [6, 6.07) is 8.15. The molecule has 1 aliphatic heterocycles. The number of guanidine groups is 1. The first kappa shape index (κ1) is 23.2. The zero-order valence-electron chi connectivity index (χ0n) is 16.7. The summed E-state index contributed by atoms with van der Waals surface area (Å²) >= 11 is 1.75. The van der Waals surface area contributed by atoms with Crippen molar-refractivity contribution in [2.75, 3.05) is 32.7 Å². The van der Waals surface area contributed by atoms with Crippen LogP contribution in [-0.2, 0) is 13.0 Å². The van der Waals surface area contributed by atoms with Gasteiger partial charge in [-0.2, -0.15) is 0 Å². The average molecular weight is 516 g/mol. The predicted octanol–water partition coefficient (Wildman–Crippen LogP) is 4.36. The Hall–Kier alpha value is -1.06. The van der Waals surface area contributed by atoms with E-state index >= 15 is 0 Å². The zero-order valence-corrected chi connectivity index (χ0v) is 19.9. The molecule has 0 aliphatic carbocycles. The lowest BCUT2D eigenvalue weighted by Crippen LogP contribution is -2.40. The number of halogens is 1. The maximum Gasteiger partial charge on any atom is 0.191 e. The minimum Gasteiger partial charge on any atom is -0.469 e. The molecule has 0 radical (unpaired) electrons. The Labute approximate surface area is 190 Å². The summed E-state index contributed by atoms with van der Waals surface area (Å²) in [4.78, 5) is 8.61. The van der Waals surface area contributed by atoms with Crippen molar-refractivity contribution in [3.63, 3.8) is 0 Å². The molecule has 5 nitrogen and oxygen atoms in total. The molecule has 28 heavy (non-hydrogen) atoms. The summed E-state index contributed by atoms with van der Waals surface area (Å²) in [6.45, 7) is 8.52. The van der Waals surface area contributed by atoms with Gasteiger partial charge in [0.2, 0.25) is 0 Å². The summed E-state index contributed by atoms with van der Waals surface area (Å²) in [6.07, 6.45) is 6.41. The number of aliphatic imine (C=N–C) groups is 1. The summed E-state index contributed by atoms with van der Waals surface area (Å²) in [5, 5.41) is 9.03. The number of furan rings is 1. The standard InChI is InChI=1S/C21H32N4OS.HI/c1-18-8-13-25(14-9-18)12-4-10-22-21(24-17-20-6-3-16-27-20)23-11-7-19-5-2-15-26-19;/h2-3,5-6,15-16,18H,4,7-14,17H2,1H3,(H2,22,23,24);1H. The summed E-state index contributed by atoms with van der Waals surface area (Å²) < 4.78 is 5.40. The highest BCUT2D eigenvalue weighted by Crippen LogP contribution is 2.15. The molecule has 1 fully saturated rings. The number of thiophene rings is 1. The largest absolute Gasteiger partial charge is 0.469 e. The van der Waals surface area contributed by atoms with Crippen molar-refractivity contribution >= 4 is 41.3 Å². The highest BCUT2D eigenvalue weighted by Gasteiger charge is 2.14. The second-order valence-corrected chi connectivity index (χ2v) is 8.34. The van der Waals surface area contributed by atoms with Crippen molar-refractivity contribution in [3.8, 4) is 0 Å². The van der Waals surface area contributed by atoms with Gasteiger partial charge in [0.25, 0.3) is 0 Å². The van der Waals surface area contributed by atoms with E-state index in [2.05, 4.69) is 40.0 Å². The van der Waals surface area contributed by atoms with Gasteiger partial charge < -0.3 is 20.0 Å². The Kier molecular flexibility index (Phi) is 11.0. The molecule has 2 aromatic rings. The molecule has 0 spiro atoms. The van der Waals surface area contributed by atoms with Crippen LogP contribution >= 0.6 is 35.3 Å². The van der Waals surface area contributed by atoms with E-state index in [1.807, 2.05) is 12.1 Å².